The van der Waals surface area contributed by atoms with E-state index >= 15 is 0 Å². The van der Waals surface area contributed by atoms with Gasteiger partial charge in [0.05, 0.1) is 33.4 Å². The second-order valence-electron chi connectivity index (χ2n) is 12.6. The quantitative estimate of drug-likeness (QED) is 0.141. The number of rotatable bonds is 8. The summed E-state index contributed by atoms with van der Waals surface area (Å²) in [5.41, 5.74) is 1.30. The molecule has 6 rings (SSSR count). The summed E-state index contributed by atoms with van der Waals surface area (Å²) in [6.45, 7) is 3.73. The summed E-state index contributed by atoms with van der Waals surface area (Å²) >= 11 is 0. The molecule has 0 unspecified atom stereocenters. The molecule has 2 aliphatic heterocycles. The molecule has 0 atom stereocenters. The molecule has 18 nitrogen and oxygen atoms in total. The fourth-order valence-corrected chi connectivity index (χ4v) is 6.36. The number of fused-ring (bicyclic) bond motifs is 2. The van der Waals surface area contributed by atoms with Crippen LogP contribution in [0.4, 0.5) is 23.0 Å². The van der Waals surface area contributed by atoms with Gasteiger partial charge in [0.15, 0.2) is 0 Å². The molecule has 0 aliphatic carbocycles. The Bertz CT molecular complexity index is 1910. The number of hydrogen-bond acceptors (Lipinski definition) is 14. The summed E-state index contributed by atoms with van der Waals surface area (Å²) in [5.74, 6) is 3.14. The van der Waals surface area contributed by atoms with Gasteiger partial charge in [-0.1, -0.05) is 19.3 Å². The predicted molar refractivity (Wildman–Crippen MR) is 191 cm³/mol. The fraction of sp³-hybridized carbons (Fsp3) is 0.484. The zero-order valence-electron chi connectivity index (χ0n) is 28.1. The van der Waals surface area contributed by atoms with Crippen LogP contribution < -0.4 is 9.80 Å². The first-order chi connectivity index (χ1) is 24.0. The van der Waals surface area contributed by atoms with Crippen LogP contribution in [0.3, 0.4) is 0 Å². The zero-order chi connectivity index (χ0) is 37.3. The number of piperidine rings is 2. The van der Waals surface area contributed by atoms with Crippen LogP contribution in [-0.2, 0) is 20.2 Å². The van der Waals surface area contributed by atoms with Crippen molar-refractivity contribution in [3.05, 3.63) is 69.3 Å². The van der Waals surface area contributed by atoms with Crippen LogP contribution in [0, 0.1) is 32.1 Å². The molecule has 20 heteroatoms. The van der Waals surface area contributed by atoms with Gasteiger partial charge in [-0.15, -0.1) is 0 Å². The highest BCUT2D eigenvalue weighted by Crippen LogP contribution is 2.33. The Labute approximate surface area is 294 Å². The standard InChI is InChI=1S/C29H32N8O4.2CH4O3S/c38-36(39)22-4-6-24-26(16-22)30-18-32-28(24)34-12-8-20(9-13-34)2-1-3-21-10-14-35(15-11-21)29-25-7-5-23(37(40)41)17-27(25)31-19-33-29;2*1-5(2,3)4/h4-7,16-21H,1-3,8-15H2;2*1H3,(H,2,3,4). The van der Waals surface area contributed by atoms with Crippen LogP contribution in [0.15, 0.2) is 49.1 Å². The predicted octanol–water partition coefficient (Wildman–Crippen LogP) is 4.70. The van der Waals surface area contributed by atoms with Gasteiger partial charge in [-0.25, -0.2) is 19.9 Å². The SMILES string of the molecule is CS(=O)(=O)O.CS(=O)(=O)O.O=[N+]([O-])c1ccc2c(N3CCC(CCCC4CCN(c5ncnc6cc([N+](=O)[O-])ccc56)CC4)CC3)ncnc2c1. The highest BCUT2D eigenvalue weighted by atomic mass is 32.2. The Morgan fingerprint density at radius 1 is 0.667 bits per heavy atom. The lowest BCUT2D eigenvalue weighted by atomic mass is 9.86. The minimum atomic E-state index is -3.67. The van der Waals surface area contributed by atoms with E-state index in [1.807, 2.05) is 0 Å². The van der Waals surface area contributed by atoms with Gasteiger partial charge < -0.3 is 9.80 Å². The lowest BCUT2D eigenvalue weighted by Gasteiger charge is -2.35. The third kappa shape index (κ3) is 12.3. The van der Waals surface area contributed by atoms with Crippen LogP contribution in [0.5, 0.6) is 0 Å². The smallest absolute Gasteiger partial charge is 0.271 e. The summed E-state index contributed by atoms with van der Waals surface area (Å²) in [6.07, 6.45) is 12.6. The third-order valence-electron chi connectivity index (χ3n) is 8.67. The molecule has 0 amide bonds. The zero-order valence-corrected chi connectivity index (χ0v) is 29.7. The third-order valence-corrected chi connectivity index (χ3v) is 8.67. The van der Waals surface area contributed by atoms with Crippen LogP contribution >= 0.6 is 0 Å². The van der Waals surface area contributed by atoms with Crippen LogP contribution in [0.1, 0.15) is 44.9 Å². The summed E-state index contributed by atoms with van der Waals surface area (Å²) in [4.78, 5) is 43.6. The number of benzene rings is 2. The molecule has 0 spiro atoms. The molecule has 2 saturated heterocycles. The first-order valence-corrected chi connectivity index (χ1v) is 19.8. The summed E-state index contributed by atoms with van der Waals surface area (Å²) < 4.78 is 51.7. The molecule has 2 aromatic heterocycles. The first kappa shape index (κ1) is 39.1. The van der Waals surface area contributed by atoms with E-state index in [-0.39, 0.29) is 11.4 Å². The van der Waals surface area contributed by atoms with Gasteiger partial charge in [0.1, 0.15) is 24.3 Å². The van der Waals surface area contributed by atoms with Crippen molar-refractivity contribution in [2.75, 3.05) is 48.5 Å². The molecular weight excluding hydrogens is 709 g/mol. The molecule has 276 valence electrons. The maximum absolute atomic E-state index is 11.1. The molecule has 2 fully saturated rings. The van der Waals surface area contributed by atoms with E-state index in [1.54, 1.807) is 12.1 Å². The Kier molecular flexibility index (Phi) is 13.1. The van der Waals surface area contributed by atoms with Crippen LogP contribution in [0.25, 0.3) is 21.8 Å². The average molecular weight is 749 g/mol. The van der Waals surface area contributed by atoms with Crippen molar-refractivity contribution in [1.29, 1.82) is 0 Å². The monoisotopic (exact) mass is 748 g/mol. The minimum absolute atomic E-state index is 0.0438. The van der Waals surface area contributed by atoms with E-state index in [1.165, 1.54) is 56.2 Å². The van der Waals surface area contributed by atoms with Gasteiger partial charge in [-0.3, -0.25) is 29.3 Å². The van der Waals surface area contributed by atoms with Crippen molar-refractivity contribution in [1.82, 2.24) is 19.9 Å². The second kappa shape index (κ2) is 17.0. The molecule has 2 aromatic carbocycles. The van der Waals surface area contributed by atoms with Crippen LogP contribution in [0.2, 0.25) is 0 Å². The largest absolute Gasteiger partial charge is 0.356 e. The Hall–Kier alpha value is -4.66. The molecule has 51 heavy (non-hydrogen) atoms. The molecule has 0 saturated carbocycles. The van der Waals surface area contributed by atoms with Crippen molar-refractivity contribution in [3.63, 3.8) is 0 Å². The van der Waals surface area contributed by atoms with Gasteiger partial charge in [0.25, 0.3) is 31.6 Å². The van der Waals surface area contributed by atoms with E-state index in [2.05, 4.69) is 29.7 Å². The summed E-state index contributed by atoms with van der Waals surface area (Å²) in [7, 11) is -7.33. The molecule has 0 bridgehead atoms. The van der Waals surface area contributed by atoms with Crippen molar-refractivity contribution in [2.24, 2.45) is 11.8 Å². The molecular formula is C31H40N8O10S2. The molecule has 4 aromatic rings. The highest BCUT2D eigenvalue weighted by molar-refractivity contribution is 7.85. The van der Waals surface area contributed by atoms with E-state index in [0.717, 1.165) is 74.3 Å². The van der Waals surface area contributed by atoms with Gasteiger partial charge in [0, 0.05) is 61.2 Å². The average Bonchev–Trinajstić information content (AvgIpc) is 3.06. The van der Waals surface area contributed by atoms with Crippen LogP contribution in [-0.4, -0.2) is 94.4 Å². The number of hydrogen-bond donors (Lipinski definition) is 2. The fourth-order valence-electron chi connectivity index (χ4n) is 6.36. The van der Waals surface area contributed by atoms with Gasteiger partial charge >= 0.3 is 0 Å². The minimum Gasteiger partial charge on any atom is -0.356 e. The lowest BCUT2D eigenvalue weighted by molar-refractivity contribution is -0.384. The Balaban J connectivity index is 0.000000516. The lowest BCUT2D eigenvalue weighted by Crippen LogP contribution is -2.35. The Morgan fingerprint density at radius 2 is 1.00 bits per heavy atom. The van der Waals surface area contributed by atoms with Crippen molar-refractivity contribution < 1.29 is 35.8 Å². The van der Waals surface area contributed by atoms with Crippen molar-refractivity contribution in [3.8, 4) is 0 Å². The van der Waals surface area contributed by atoms with E-state index in [0.29, 0.717) is 35.4 Å². The molecule has 4 heterocycles. The number of aromatic nitrogens is 4. The number of nitro groups is 2. The second-order valence-corrected chi connectivity index (χ2v) is 15.5. The molecule has 2 aliphatic rings. The number of non-ortho nitro benzene ring substituents is 2. The number of nitro benzene ring substituents is 2. The van der Waals surface area contributed by atoms with Gasteiger partial charge in [0.2, 0.25) is 0 Å². The van der Waals surface area contributed by atoms with Crippen molar-refractivity contribution >= 4 is 65.1 Å². The first-order valence-electron chi connectivity index (χ1n) is 16.1. The Morgan fingerprint density at radius 3 is 1.31 bits per heavy atom. The van der Waals surface area contributed by atoms with E-state index in [9.17, 15) is 37.1 Å². The van der Waals surface area contributed by atoms with E-state index < -0.39 is 30.1 Å². The number of nitrogens with zero attached hydrogens (tertiary/aromatic N) is 8. The molecule has 0 radical (unpaired) electrons. The van der Waals surface area contributed by atoms with Gasteiger partial charge in [-0.2, -0.15) is 16.8 Å². The topological polar surface area (TPSA) is 253 Å². The molecule has 2 N–H and O–H groups in total. The van der Waals surface area contributed by atoms with E-state index in [4.69, 9.17) is 9.11 Å². The summed E-state index contributed by atoms with van der Waals surface area (Å²) in [6, 6.07) is 9.61. The number of anilines is 2. The normalized spacial score (nSPS) is 15.8. The highest BCUT2D eigenvalue weighted by Gasteiger charge is 2.25. The summed E-state index contributed by atoms with van der Waals surface area (Å²) in [5, 5.41) is 24.0. The maximum Gasteiger partial charge on any atom is 0.271 e. The maximum atomic E-state index is 11.1. The van der Waals surface area contributed by atoms with Gasteiger partial charge in [-0.05, 0) is 49.7 Å². The van der Waals surface area contributed by atoms with Crippen molar-refractivity contribution in [2.45, 2.75) is 44.9 Å².